The number of hydrogen-bond donors (Lipinski definition) is 1. The number of aromatic nitrogens is 4. The molecule has 1 N–H and O–H groups in total. The Morgan fingerprint density at radius 2 is 2.20 bits per heavy atom. The summed E-state index contributed by atoms with van der Waals surface area (Å²) < 4.78 is 2.11. The van der Waals surface area contributed by atoms with Crippen molar-refractivity contribution in [2.45, 2.75) is 46.7 Å². The van der Waals surface area contributed by atoms with E-state index in [2.05, 4.69) is 38.7 Å². The minimum Gasteiger partial charge on any atom is -0.349 e. The van der Waals surface area contributed by atoms with Crippen molar-refractivity contribution in [3.8, 4) is 0 Å². The molecule has 6 nitrogen and oxygen atoms in total. The minimum atomic E-state index is -0.0410. The molecule has 0 saturated carbocycles. The molecule has 0 fully saturated rings. The lowest BCUT2D eigenvalue weighted by Crippen LogP contribution is -2.26. The normalized spacial score (nSPS) is 11.4. The number of hydrogen-bond acceptors (Lipinski definition) is 5. The number of carbonyl (C=O) groups excluding carboxylic acids is 1. The first kappa shape index (κ1) is 17.5. The predicted molar refractivity (Wildman–Crippen MR) is 99.4 cm³/mol. The third kappa shape index (κ3) is 4.42. The lowest BCUT2D eigenvalue weighted by molar-refractivity contribution is -0.120. The zero-order chi connectivity index (χ0) is 17.8. The van der Waals surface area contributed by atoms with Gasteiger partial charge in [0.1, 0.15) is 11.3 Å². The van der Waals surface area contributed by atoms with Crippen LogP contribution in [0.1, 0.15) is 36.8 Å². The maximum Gasteiger partial charge on any atom is 0.226 e. The maximum atomic E-state index is 12.2. The number of nitrogens with zero attached hydrogens (tertiary/aromatic N) is 4. The molecule has 0 aliphatic carbocycles. The van der Waals surface area contributed by atoms with E-state index < -0.39 is 0 Å². The highest BCUT2D eigenvalue weighted by atomic mass is 32.1. The third-order valence-electron chi connectivity index (χ3n) is 3.96. The van der Waals surface area contributed by atoms with Gasteiger partial charge < -0.3 is 9.88 Å². The summed E-state index contributed by atoms with van der Waals surface area (Å²) in [5.41, 5.74) is 2.56. The molecule has 132 valence electrons. The van der Waals surface area contributed by atoms with Gasteiger partial charge in [-0.1, -0.05) is 13.8 Å². The van der Waals surface area contributed by atoms with Crippen LogP contribution in [0.4, 0.5) is 0 Å². The SMILES string of the molecule is Cc1nc(CC(=O)NCc2nc3cccnc3n2CCC(C)C)cs1. The summed E-state index contributed by atoms with van der Waals surface area (Å²) in [5.74, 6) is 1.40. The second kappa shape index (κ2) is 7.74. The summed E-state index contributed by atoms with van der Waals surface area (Å²) in [7, 11) is 0. The number of nitrogens with one attached hydrogen (secondary N) is 1. The van der Waals surface area contributed by atoms with E-state index in [1.54, 1.807) is 17.5 Å². The van der Waals surface area contributed by atoms with E-state index in [4.69, 9.17) is 0 Å². The average molecular weight is 357 g/mol. The van der Waals surface area contributed by atoms with Gasteiger partial charge in [-0.25, -0.2) is 15.0 Å². The Morgan fingerprint density at radius 1 is 1.36 bits per heavy atom. The fourth-order valence-corrected chi connectivity index (χ4v) is 3.27. The van der Waals surface area contributed by atoms with Crippen LogP contribution in [0.25, 0.3) is 11.2 Å². The second-order valence-corrected chi connectivity index (χ2v) is 7.58. The molecular formula is C18H23N5OS. The molecular weight excluding hydrogens is 334 g/mol. The first-order valence-corrected chi connectivity index (χ1v) is 9.38. The van der Waals surface area contributed by atoms with Crippen molar-refractivity contribution in [3.05, 3.63) is 40.2 Å². The lowest BCUT2D eigenvalue weighted by Gasteiger charge is -2.11. The van der Waals surface area contributed by atoms with Crippen LogP contribution in [0.3, 0.4) is 0 Å². The first-order chi connectivity index (χ1) is 12.0. The van der Waals surface area contributed by atoms with E-state index in [0.717, 1.165) is 40.7 Å². The Morgan fingerprint density at radius 3 is 2.92 bits per heavy atom. The number of fused-ring (bicyclic) bond motifs is 1. The van der Waals surface area contributed by atoms with E-state index in [-0.39, 0.29) is 5.91 Å². The molecule has 3 aromatic heterocycles. The Bertz CT molecular complexity index is 867. The van der Waals surface area contributed by atoms with Gasteiger partial charge in [0, 0.05) is 18.1 Å². The Hall–Kier alpha value is -2.28. The van der Waals surface area contributed by atoms with Crippen LogP contribution in [0.15, 0.2) is 23.7 Å². The van der Waals surface area contributed by atoms with E-state index in [1.165, 1.54) is 0 Å². The van der Waals surface area contributed by atoms with Crippen LogP contribution in [-0.2, 0) is 24.3 Å². The summed E-state index contributed by atoms with van der Waals surface area (Å²) in [4.78, 5) is 25.6. The molecule has 3 aromatic rings. The fourth-order valence-electron chi connectivity index (χ4n) is 2.66. The van der Waals surface area contributed by atoms with Gasteiger partial charge in [-0.15, -0.1) is 11.3 Å². The molecule has 3 heterocycles. The van der Waals surface area contributed by atoms with Crippen molar-refractivity contribution in [1.82, 2.24) is 24.8 Å². The van der Waals surface area contributed by atoms with Crippen LogP contribution in [0.2, 0.25) is 0 Å². The van der Waals surface area contributed by atoms with E-state index >= 15 is 0 Å². The van der Waals surface area contributed by atoms with Gasteiger partial charge in [0.05, 0.1) is 23.7 Å². The predicted octanol–water partition coefficient (Wildman–Crippen LogP) is 3.10. The highest BCUT2D eigenvalue weighted by Crippen LogP contribution is 2.16. The minimum absolute atomic E-state index is 0.0410. The molecule has 0 spiro atoms. The number of imidazole rings is 1. The van der Waals surface area contributed by atoms with Gasteiger partial charge in [0.2, 0.25) is 5.91 Å². The van der Waals surface area contributed by atoms with Crippen LogP contribution in [0.5, 0.6) is 0 Å². The van der Waals surface area contributed by atoms with Gasteiger partial charge in [-0.05, 0) is 31.4 Å². The smallest absolute Gasteiger partial charge is 0.226 e. The van der Waals surface area contributed by atoms with E-state index in [0.29, 0.717) is 18.9 Å². The van der Waals surface area contributed by atoms with Crippen molar-refractivity contribution >= 4 is 28.4 Å². The molecule has 3 rings (SSSR count). The largest absolute Gasteiger partial charge is 0.349 e. The number of pyridine rings is 1. The number of amides is 1. The van der Waals surface area contributed by atoms with Crippen molar-refractivity contribution in [2.24, 2.45) is 5.92 Å². The Labute approximate surface area is 151 Å². The second-order valence-electron chi connectivity index (χ2n) is 6.52. The van der Waals surface area contributed by atoms with Crippen LogP contribution < -0.4 is 5.32 Å². The van der Waals surface area contributed by atoms with Crippen LogP contribution >= 0.6 is 11.3 Å². The molecule has 0 saturated heterocycles. The van der Waals surface area contributed by atoms with Gasteiger partial charge in [0.25, 0.3) is 0 Å². The number of carbonyl (C=O) groups is 1. The quantitative estimate of drug-likeness (QED) is 0.705. The highest BCUT2D eigenvalue weighted by molar-refractivity contribution is 7.09. The van der Waals surface area contributed by atoms with Crippen molar-refractivity contribution in [3.63, 3.8) is 0 Å². The molecule has 0 aromatic carbocycles. The van der Waals surface area contributed by atoms with Crippen LogP contribution in [-0.4, -0.2) is 25.4 Å². The van der Waals surface area contributed by atoms with Crippen LogP contribution in [0, 0.1) is 12.8 Å². The molecule has 0 radical (unpaired) electrons. The maximum absolute atomic E-state index is 12.2. The Kier molecular flexibility index (Phi) is 5.43. The average Bonchev–Trinajstić information content (AvgIpc) is 3.14. The van der Waals surface area contributed by atoms with Gasteiger partial charge >= 0.3 is 0 Å². The fraction of sp³-hybridized carbons (Fsp3) is 0.444. The number of rotatable bonds is 7. The molecule has 1 amide bonds. The molecule has 0 aliphatic heterocycles. The number of thiazole rings is 1. The zero-order valence-electron chi connectivity index (χ0n) is 14.8. The molecule has 7 heteroatoms. The Balaban J connectivity index is 1.71. The van der Waals surface area contributed by atoms with E-state index in [9.17, 15) is 4.79 Å². The molecule has 0 aliphatic rings. The zero-order valence-corrected chi connectivity index (χ0v) is 15.6. The number of aryl methyl sites for hydroxylation is 2. The highest BCUT2D eigenvalue weighted by Gasteiger charge is 2.13. The first-order valence-electron chi connectivity index (χ1n) is 8.50. The third-order valence-corrected chi connectivity index (χ3v) is 4.79. The van der Waals surface area contributed by atoms with Gasteiger partial charge in [-0.3, -0.25) is 4.79 Å². The standard InChI is InChI=1S/C18H23N5OS/c1-12(2)6-8-23-16(22-15-5-4-7-19-18(15)23)10-20-17(24)9-14-11-25-13(3)21-14/h4-5,7,11-12H,6,8-10H2,1-3H3,(H,20,24). The summed E-state index contributed by atoms with van der Waals surface area (Å²) in [6.45, 7) is 7.59. The lowest BCUT2D eigenvalue weighted by atomic mass is 10.1. The summed E-state index contributed by atoms with van der Waals surface area (Å²) in [6.07, 6.45) is 3.12. The summed E-state index contributed by atoms with van der Waals surface area (Å²) in [5, 5.41) is 5.86. The van der Waals surface area contributed by atoms with Crippen molar-refractivity contribution < 1.29 is 4.79 Å². The summed E-state index contributed by atoms with van der Waals surface area (Å²) in [6, 6.07) is 3.84. The molecule has 25 heavy (non-hydrogen) atoms. The molecule has 0 atom stereocenters. The van der Waals surface area contributed by atoms with Crippen molar-refractivity contribution in [1.29, 1.82) is 0 Å². The molecule has 0 bridgehead atoms. The van der Waals surface area contributed by atoms with Gasteiger partial charge in [-0.2, -0.15) is 0 Å². The topological polar surface area (TPSA) is 72.7 Å². The summed E-state index contributed by atoms with van der Waals surface area (Å²) >= 11 is 1.56. The van der Waals surface area contributed by atoms with Crippen molar-refractivity contribution in [2.75, 3.05) is 0 Å². The molecule has 0 unspecified atom stereocenters. The van der Waals surface area contributed by atoms with Gasteiger partial charge in [0.15, 0.2) is 5.65 Å². The van der Waals surface area contributed by atoms with E-state index in [1.807, 2.05) is 24.4 Å². The monoisotopic (exact) mass is 357 g/mol.